The van der Waals surface area contributed by atoms with Gasteiger partial charge in [0.05, 0.1) is 6.10 Å². The van der Waals surface area contributed by atoms with Gasteiger partial charge in [-0.1, -0.05) is 18.1 Å². The van der Waals surface area contributed by atoms with E-state index in [9.17, 15) is 4.79 Å². The Bertz CT molecular complexity index is 720. The van der Waals surface area contributed by atoms with E-state index in [0.29, 0.717) is 12.6 Å². The summed E-state index contributed by atoms with van der Waals surface area (Å²) in [4.78, 5) is 17.7. The van der Waals surface area contributed by atoms with Crippen LogP contribution in [0.15, 0.2) is 24.3 Å². The van der Waals surface area contributed by atoms with E-state index in [-0.39, 0.29) is 17.9 Å². The molecular formula is C25H35N3O2. The lowest BCUT2D eigenvalue weighted by molar-refractivity contribution is -0.127. The number of terminal acetylenes is 1. The lowest BCUT2D eigenvalue weighted by Gasteiger charge is -2.41. The zero-order valence-corrected chi connectivity index (χ0v) is 18.0. The van der Waals surface area contributed by atoms with Crippen LogP contribution in [0.2, 0.25) is 0 Å². The molecule has 162 valence electrons. The number of amides is 1. The minimum atomic E-state index is 0.175. The molecule has 3 aliphatic heterocycles. The Balaban J connectivity index is 1.15. The predicted molar refractivity (Wildman–Crippen MR) is 119 cm³/mol. The fraction of sp³-hybridized carbons (Fsp3) is 0.640. The molecule has 3 aliphatic rings. The van der Waals surface area contributed by atoms with Crippen LogP contribution in [-0.2, 0) is 16.1 Å². The van der Waals surface area contributed by atoms with Crippen molar-refractivity contribution in [3.8, 4) is 12.3 Å². The Kier molecular flexibility index (Phi) is 7.43. The lowest BCUT2D eigenvalue weighted by atomic mass is 9.92. The van der Waals surface area contributed by atoms with Crippen molar-refractivity contribution in [1.82, 2.24) is 15.1 Å². The summed E-state index contributed by atoms with van der Waals surface area (Å²) >= 11 is 0. The van der Waals surface area contributed by atoms with Gasteiger partial charge in [-0.05, 0) is 82.4 Å². The predicted octanol–water partition coefficient (Wildman–Crippen LogP) is 2.64. The monoisotopic (exact) mass is 409 g/mol. The number of likely N-dealkylation sites (tertiary alicyclic amines) is 2. The molecule has 5 heteroatoms. The SMILES string of the molecule is C#Cc1ccc(CN2CCC(N3CCC(C(=O)NCC4CCCO4)CC3)CC2)cc1. The summed E-state index contributed by atoms with van der Waals surface area (Å²) in [5.41, 5.74) is 2.28. The third kappa shape index (κ3) is 5.63. The third-order valence-electron chi connectivity index (χ3n) is 7.03. The van der Waals surface area contributed by atoms with Gasteiger partial charge in [0, 0.05) is 37.2 Å². The van der Waals surface area contributed by atoms with Crippen LogP contribution in [0.25, 0.3) is 0 Å². The van der Waals surface area contributed by atoms with Crippen LogP contribution in [-0.4, -0.2) is 67.2 Å². The quantitative estimate of drug-likeness (QED) is 0.734. The van der Waals surface area contributed by atoms with Gasteiger partial charge in [0.25, 0.3) is 0 Å². The first-order valence-electron chi connectivity index (χ1n) is 11.6. The molecule has 3 heterocycles. The van der Waals surface area contributed by atoms with Gasteiger partial charge in [-0.3, -0.25) is 9.69 Å². The van der Waals surface area contributed by atoms with Crippen molar-refractivity contribution in [2.45, 2.75) is 57.2 Å². The number of hydrogen-bond donors (Lipinski definition) is 1. The van der Waals surface area contributed by atoms with E-state index in [1.807, 2.05) is 12.1 Å². The second-order valence-corrected chi connectivity index (χ2v) is 9.04. The Labute approximate surface area is 181 Å². The third-order valence-corrected chi connectivity index (χ3v) is 7.03. The summed E-state index contributed by atoms with van der Waals surface area (Å²) in [6, 6.07) is 9.03. The van der Waals surface area contributed by atoms with Crippen molar-refractivity contribution in [1.29, 1.82) is 0 Å². The molecule has 1 amide bonds. The summed E-state index contributed by atoms with van der Waals surface area (Å²) in [5.74, 6) is 3.09. The van der Waals surface area contributed by atoms with Crippen molar-refractivity contribution in [2.24, 2.45) is 5.92 Å². The number of rotatable bonds is 6. The van der Waals surface area contributed by atoms with Gasteiger partial charge >= 0.3 is 0 Å². The van der Waals surface area contributed by atoms with Crippen LogP contribution in [0.5, 0.6) is 0 Å². The minimum absolute atomic E-state index is 0.175. The van der Waals surface area contributed by atoms with E-state index >= 15 is 0 Å². The second-order valence-electron chi connectivity index (χ2n) is 9.04. The molecule has 1 atom stereocenters. The van der Waals surface area contributed by atoms with E-state index in [4.69, 9.17) is 11.2 Å². The van der Waals surface area contributed by atoms with Crippen LogP contribution in [0.3, 0.4) is 0 Å². The van der Waals surface area contributed by atoms with E-state index in [1.54, 1.807) is 0 Å². The largest absolute Gasteiger partial charge is 0.376 e. The molecule has 0 bridgehead atoms. The average molecular weight is 410 g/mol. The Morgan fingerprint density at radius 1 is 1.07 bits per heavy atom. The van der Waals surface area contributed by atoms with E-state index in [2.05, 4.69) is 33.2 Å². The summed E-state index contributed by atoms with van der Waals surface area (Å²) in [7, 11) is 0. The molecule has 4 rings (SSSR count). The fourth-order valence-corrected chi connectivity index (χ4v) is 5.10. The molecule has 1 unspecified atom stereocenters. The van der Waals surface area contributed by atoms with Gasteiger partial charge in [0.1, 0.15) is 0 Å². The zero-order valence-electron chi connectivity index (χ0n) is 18.0. The van der Waals surface area contributed by atoms with E-state index in [1.165, 1.54) is 18.4 Å². The van der Waals surface area contributed by atoms with Crippen LogP contribution < -0.4 is 5.32 Å². The lowest BCUT2D eigenvalue weighted by Crippen LogP contribution is -2.49. The summed E-state index contributed by atoms with van der Waals surface area (Å²) in [6.45, 7) is 6.92. The van der Waals surface area contributed by atoms with E-state index < -0.39 is 0 Å². The highest BCUT2D eigenvalue weighted by Gasteiger charge is 2.31. The molecule has 3 saturated heterocycles. The normalized spacial score (nSPS) is 24.6. The van der Waals surface area contributed by atoms with Gasteiger partial charge < -0.3 is 15.0 Å². The average Bonchev–Trinajstić information content (AvgIpc) is 3.32. The first kappa shape index (κ1) is 21.4. The molecule has 0 radical (unpaired) electrons. The fourth-order valence-electron chi connectivity index (χ4n) is 5.10. The van der Waals surface area contributed by atoms with Crippen LogP contribution >= 0.6 is 0 Å². The molecule has 1 N–H and O–H groups in total. The van der Waals surface area contributed by atoms with Crippen molar-refractivity contribution in [3.05, 3.63) is 35.4 Å². The first-order valence-corrected chi connectivity index (χ1v) is 11.6. The molecular weight excluding hydrogens is 374 g/mol. The number of carbonyl (C=O) groups excluding carboxylic acids is 1. The van der Waals surface area contributed by atoms with Crippen molar-refractivity contribution in [2.75, 3.05) is 39.3 Å². The summed E-state index contributed by atoms with van der Waals surface area (Å²) < 4.78 is 5.61. The minimum Gasteiger partial charge on any atom is -0.376 e. The molecule has 1 aromatic carbocycles. The topological polar surface area (TPSA) is 44.8 Å². The first-order chi connectivity index (χ1) is 14.7. The smallest absolute Gasteiger partial charge is 0.223 e. The zero-order chi connectivity index (χ0) is 20.8. The van der Waals surface area contributed by atoms with Gasteiger partial charge in [0.2, 0.25) is 5.91 Å². The van der Waals surface area contributed by atoms with Crippen molar-refractivity contribution < 1.29 is 9.53 Å². The van der Waals surface area contributed by atoms with Crippen molar-refractivity contribution >= 4 is 5.91 Å². The van der Waals surface area contributed by atoms with Crippen LogP contribution in [0.1, 0.15) is 49.7 Å². The van der Waals surface area contributed by atoms with Gasteiger partial charge in [0.15, 0.2) is 0 Å². The maximum absolute atomic E-state index is 12.5. The number of benzene rings is 1. The highest BCUT2D eigenvalue weighted by molar-refractivity contribution is 5.78. The van der Waals surface area contributed by atoms with Gasteiger partial charge in [-0.15, -0.1) is 6.42 Å². The van der Waals surface area contributed by atoms with Crippen LogP contribution in [0, 0.1) is 18.3 Å². The maximum atomic E-state index is 12.5. The van der Waals surface area contributed by atoms with E-state index in [0.717, 1.165) is 70.6 Å². The second kappa shape index (κ2) is 10.4. The standard InChI is InChI=1S/C25H35N3O2/c1-2-20-5-7-21(8-6-20)19-27-13-11-23(12-14-27)28-15-9-22(10-16-28)25(29)26-18-24-4-3-17-30-24/h1,5-8,22-24H,3-4,9-19H2,(H,26,29). The molecule has 5 nitrogen and oxygen atoms in total. The highest BCUT2D eigenvalue weighted by Crippen LogP contribution is 2.25. The summed E-state index contributed by atoms with van der Waals surface area (Å²) in [5, 5.41) is 3.12. The number of piperidine rings is 2. The van der Waals surface area contributed by atoms with Crippen LogP contribution in [0.4, 0.5) is 0 Å². The highest BCUT2D eigenvalue weighted by atomic mass is 16.5. The van der Waals surface area contributed by atoms with Crippen molar-refractivity contribution in [3.63, 3.8) is 0 Å². The maximum Gasteiger partial charge on any atom is 0.223 e. The number of carbonyl (C=O) groups is 1. The molecule has 0 aliphatic carbocycles. The molecule has 3 fully saturated rings. The van der Waals surface area contributed by atoms with Gasteiger partial charge in [-0.2, -0.15) is 0 Å². The number of nitrogens with zero attached hydrogens (tertiary/aromatic N) is 2. The Morgan fingerprint density at radius 3 is 2.43 bits per heavy atom. The summed E-state index contributed by atoms with van der Waals surface area (Å²) in [6.07, 6.45) is 12.3. The Hall–Kier alpha value is -1.87. The van der Waals surface area contributed by atoms with Gasteiger partial charge in [-0.25, -0.2) is 0 Å². The number of ether oxygens (including phenoxy) is 1. The Morgan fingerprint density at radius 2 is 1.80 bits per heavy atom. The molecule has 0 aromatic heterocycles. The number of hydrogen-bond acceptors (Lipinski definition) is 4. The molecule has 1 aromatic rings. The molecule has 30 heavy (non-hydrogen) atoms. The molecule has 0 saturated carbocycles. The molecule has 0 spiro atoms. The number of nitrogens with one attached hydrogen (secondary N) is 1.